The molecule has 1 saturated heterocycles. The van der Waals surface area contributed by atoms with Crippen LogP contribution in [-0.4, -0.2) is 35.6 Å². The summed E-state index contributed by atoms with van der Waals surface area (Å²) in [5, 5.41) is 7.58. The first-order chi connectivity index (χ1) is 6.65. The molecule has 14 heavy (non-hydrogen) atoms. The highest BCUT2D eigenvalue weighted by Crippen LogP contribution is 2.22. The van der Waals surface area contributed by atoms with Gasteiger partial charge in [-0.25, -0.2) is 0 Å². The molecule has 1 N–H and O–H groups in total. The summed E-state index contributed by atoms with van der Waals surface area (Å²) in [6, 6.07) is 0. The van der Waals surface area contributed by atoms with Gasteiger partial charge in [0.15, 0.2) is 0 Å². The number of hydrogen-bond donors (Lipinski definition) is 1. The third kappa shape index (κ3) is 1.55. The van der Waals surface area contributed by atoms with Crippen molar-refractivity contribution in [3.8, 4) is 0 Å². The van der Waals surface area contributed by atoms with Gasteiger partial charge in [0.05, 0.1) is 11.3 Å². The maximum absolute atomic E-state index is 5.54. The molecule has 0 bridgehead atoms. The molecule has 78 valence electrons. The molecule has 0 aliphatic carbocycles. The summed E-state index contributed by atoms with van der Waals surface area (Å²) in [5.74, 6) is 0. The van der Waals surface area contributed by atoms with E-state index in [1.807, 2.05) is 18.7 Å². The number of aryl methyl sites for hydroxylation is 2. The lowest BCUT2D eigenvalue weighted by Gasteiger charge is -2.41. The predicted octanol–water partition coefficient (Wildman–Crippen LogP) is 0.259. The minimum atomic E-state index is 0.00773. The van der Waals surface area contributed by atoms with Crippen LogP contribution < -0.4 is 5.32 Å². The third-order valence-corrected chi connectivity index (χ3v) is 2.96. The van der Waals surface area contributed by atoms with E-state index in [4.69, 9.17) is 4.74 Å². The van der Waals surface area contributed by atoms with Crippen molar-refractivity contribution in [2.45, 2.75) is 18.9 Å². The van der Waals surface area contributed by atoms with Gasteiger partial charge in [-0.3, -0.25) is 4.68 Å². The number of hydrogen-bond acceptors (Lipinski definition) is 3. The van der Waals surface area contributed by atoms with Gasteiger partial charge in [0.1, 0.15) is 0 Å². The predicted molar refractivity (Wildman–Crippen MR) is 54.3 cm³/mol. The van der Waals surface area contributed by atoms with Crippen LogP contribution in [0.4, 0.5) is 0 Å². The van der Waals surface area contributed by atoms with Gasteiger partial charge in [-0.2, -0.15) is 5.10 Å². The van der Waals surface area contributed by atoms with Crippen LogP contribution in [0.1, 0.15) is 11.3 Å². The average Bonchev–Trinajstić information content (AvgIpc) is 2.38. The molecule has 2 heterocycles. The largest absolute Gasteiger partial charge is 0.375 e. The molecule has 0 atom stereocenters. The molecule has 2 rings (SSSR count). The Balaban J connectivity index is 2.13. The normalized spacial score (nSPS) is 19.4. The highest BCUT2D eigenvalue weighted by Gasteiger charge is 2.37. The molecule has 0 radical (unpaired) electrons. The fourth-order valence-corrected chi connectivity index (χ4v) is 1.91. The van der Waals surface area contributed by atoms with Crippen molar-refractivity contribution in [3.63, 3.8) is 0 Å². The molecule has 1 aromatic rings. The van der Waals surface area contributed by atoms with Gasteiger partial charge in [-0.15, -0.1) is 0 Å². The molecular weight excluding hydrogens is 178 g/mol. The van der Waals surface area contributed by atoms with Gasteiger partial charge >= 0.3 is 0 Å². The molecule has 0 amide bonds. The topological polar surface area (TPSA) is 39.1 Å². The third-order valence-electron chi connectivity index (χ3n) is 2.96. The molecule has 0 spiro atoms. The van der Waals surface area contributed by atoms with Crippen molar-refractivity contribution in [2.24, 2.45) is 7.05 Å². The Morgan fingerprint density at radius 1 is 1.64 bits per heavy atom. The molecule has 1 aromatic heterocycles. The van der Waals surface area contributed by atoms with E-state index in [9.17, 15) is 0 Å². The van der Waals surface area contributed by atoms with Crippen molar-refractivity contribution >= 4 is 0 Å². The van der Waals surface area contributed by atoms with Crippen molar-refractivity contribution in [1.82, 2.24) is 15.1 Å². The lowest BCUT2D eigenvalue weighted by atomic mass is 9.89. The van der Waals surface area contributed by atoms with Crippen LogP contribution >= 0.6 is 0 Å². The van der Waals surface area contributed by atoms with E-state index < -0.39 is 0 Å². The monoisotopic (exact) mass is 195 g/mol. The number of ether oxygens (including phenoxy) is 1. The maximum atomic E-state index is 5.54. The summed E-state index contributed by atoms with van der Waals surface area (Å²) < 4.78 is 7.40. The van der Waals surface area contributed by atoms with Crippen LogP contribution in [0.2, 0.25) is 0 Å². The maximum Gasteiger partial charge on any atom is 0.0967 e. The number of nitrogens with zero attached hydrogens (tertiary/aromatic N) is 2. The van der Waals surface area contributed by atoms with Crippen LogP contribution in [0.15, 0.2) is 6.20 Å². The zero-order valence-electron chi connectivity index (χ0n) is 9.00. The fraction of sp³-hybridized carbons (Fsp3) is 0.700. The summed E-state index contributed by atoms with van der Waals surface area (Å²) in [5.41, 5.74) is 2.40. The Morgan fingerprint density at radius 2 is 2.36 bits per heavy atom. The highest BCUT2D eigenvalue weighted by atomic mass is 16.5. The molecule has 4 heteroatoms. The van der Waals surface area contributed by atoms with Crippen molar-refractivity contribution in [3.05, 3.63) is 17.5 Å². The second-order valence-electron chi connectivity index (χ2n) is 4.08. The minimum absolute atomic E-state index is 0.00773. The smallest absolute Gasteiger partial charge is 0.0967 e. The lowest BCUT2D eigenvalue weighted by molar-refractivity contribution is -0.0503. The van der Waals surface area contributed by atoms with Gasteiger partial charge in [-0.05, 0) is 12.5 Å². The Labute approximate surface area is 84.3 Å². The van der Waals surface area contributed by atoms with Gasteiger partial charge in [0, 0.05) is 39.9 Å². The first kappa shape index (κ1) is 9.68. The lowest BCUT2D eigenvalue weighted by Crippen LogP contribution is -2.61. The van der Waals surface area contributed by atoms with E-state index in [2.05, 4.69) is 16.6 Å². The van der Waals surface area contributed by atoms with E-state index in [-0.39, 0.29) is 5.60 Å². The first-order valence-corrected chi connectivity index (χ1v) is 4.90. The standard InChI is InChI=1S/C10H17N3O/c1-8-9(5-13(2)12-8)4-10(14-3)6-11-7-10/h5,11H,4,6-7H2,1-3H3. The molecule has 1 aliphatic heterocycles. The molecule has 0 aromatic carbocycles. The minimum Gasteiger partial charge on any atom is -0.375 e. The van der Waals surface area contributed by atoms with Crippen LogP contribution in [-0.2, 0) is 18.2 Å². The van der Waals surface area contributed by atoms with Gasteiger partial charge in [0.2, 0.25) is 0 Å². The molecule has 4 nitrogen and oxygen atoms in total. The van der Waals surface area contributed by atoms with Crippen LogP contribution in [0.3, 0.4) is 0 Å². The molecular formula is C10H17N3O. The van der Waals surface area contributed by atoms with Crippen molar-refractivity contribution in [2.75, 3.05) is 20.2 Å². The van der Waals surface area contributed by atoms with Crippen molar-refractivity contribution < 1.29 is 4.74 Å². The summed E-state index contributed by atoms with van der Waals surface area (Å²) in [7, 11) is 3.74. The summed E-state index contributed by atoms with van der Waals surface area (Å²) in [6.45, 7) is 3.93. The van der Waals surface area contributed by atoms with Gasteiger partial charge in [-0.1, -0.05) is 0 Å². The number of nitrogens with one attached hydrogen (secondary N) is 1. The van der Waals surface area contributed by atoms with Crippen LogP contribution in [0.25, 0.3) is 0 Å². The summed E-state index contributed by atoms with van der Waals surface area (Å²) >= 11 is 0. The molecule has 0 unspecified atom stereocenters. The zero-order chi connectivity index (χ0) is 10.2. The Morgan fingerprint density at radius 3 is 2.71 bits per heavy atom. The van der Waals surface area contributed by atoms with Gasteiger partial charge in [0.25, 0.3) is 0 Å². The zero-order valence-corrected chi connectivity index (χ0v) is 9.00. The van der Waals surface area contributed by atoms with Crippen LogP contribution in [0, 0.1) is 6.92 Å². The molecule has 0 saturated carbocycles. The van der Waals surface area contributed by atoms with Crippen LogP contribution in [0.5, 0.6) is 0 Å². The SMILES string of the molecule is COC1(Cc2cn(C)nc2C)CNC1. The second-order valence-corrected chi connectivity index (χ2v) is 4.08. The Bertz CT molecular complexity index is 323. The Hall–Kier alpha value is -0.870. The quantitative estimate of drug-likeness (QED) is 0.752. The van der Waals surface area contributed by atoms with E-state index in [1.54, 1.807) is 7.11 Å². The first-order valence-electron chi connectivity index (χ1n) is 4.90. The number of methoxy groups -OCH3 is 1. The summed E-state index contributed by atoms with van der Waals surface area (Å²) in [6.07, 6.45) is 3.03. The molecule has 1 aliphatic rings. The molecule has 1 fully saturated rings. The van der Waals surface area contributed by atoms with E-state index in [0.29, 0.717) is 0 Å². The number of rotatable bonds is 3. The Kier molecular flexibility index (Phi) is 2.33. The average molecular weight is 195 g/mol. The van der Waals surface area contributed by atoms with E-state index >= 15 is 0 Å². The second kappa shape index (κ2) is 3.37. The highest BCUT2D eigenvalue weighted by molar-refractivity contribution is 5.20. The fourth-order valence-electron chi connectivity index (χ4n) is 1.91. The van der Waals surface area contributed by atoms with Gasteiger partial charge < -0.3 is 10.1 Å². The summed E-state index contributed by atoms with van der Waals surface area (Å²) in [4.78, 5) is 0. The van der Waals surface area contributed by atoms with E-state index in [0.717, 1.165) is 25.2 Å². The van der Waals surface area contributed by atoms with E-state index in [1.165, 1.54) is 5.56 Å². The number of aromatic nitrogens is 2. The van der Waals surface area contributed by atoms with Crippen molar-refractivity contribution in [1.29, 1.82) is 0 Å².